The van der Waals surface area contributed by atoms with Crippen molar-refractivity contribution in [3.8, 4) is 0 Å². The number of carbonyl (C=O) groups is 1. The van der Waals surface area contributed by atoms with Gasteiger partial charge in [-0.15, -0.1) is 0 Å². The van der Waals surface area contributed by atoms with Gasteiger partial charge in [-0.25, -0.2) is 0 Å². The van der Waals surface area contributed by atoms with E-state index in [0.29, 0.717) is 6.29 Å². The molecule has 0 rings (SSSR count). The predicted octanol–water partition coefficient (Wildman–Crippen LogP) is -1.35. The number of methoxy groups -OCH3 is 1. The first-order valence-corrected chi connectivity index (χ1v) is 1.34. The van der Waals surface area contributed by atoms with Gasteiger partial charge in [0.1, 0.15) is 12.9 Å². The fourth-order valence-electron chi connectivity index (χ4n) is 0.0680. The summed E-state index contributed by atoms with van der Waals surface area (Å²) >= 11 is 0. The summed E-state index contributed by atoms with van der Waals surface area (Å²) in [6, 6.07) is 0. The molecule has 6 heavy (non-hydrogen) atoms. The molecule has 0 radical (unpaired) electrons. The number of ether oxygens (including phenoxy) is 1. The van der Waals surface area contributed by atoms with Crippen molar-refractivity contribution in [2.75, 3.05) is 13.7 Å². The molecule has 0 aliphatic carbocycles. The van der Waals surface area contributed by atoms with Gasteiger partial charge in [-0.2, -0.15) is 0 Å². The van der Waals surface area contributed by atoms with Gasteiger partial charge in [-0.3, -0.25) is 0 Å². The number of rotatable bonds is 2. The number of carbonyl (C=O) groups excluding carboxylic acids is 1. The Balaban J connectivity index is 0. The third-order valence-electron chi connectivity index (χ3n) is 0.235. The molecular weight excluding hydrogens is 190 g/mol. The first kappa shape index (κ1) is 9.67. The van der Waals surface area contributed by atoms with Gasteiger partial charge >= 0.3 is 24.4 Å². The first-order valence-electron chi connectivity index (χ1n) is 1.34. The van der Waals surface area contributed by atoms with E-state index in [4.69, 9.17) is 0 Å². The van der Waals surface area contributed by atoms with Gasteiger partial charge < -0.3 is 9.53 Å². The molecule has 0 fully saturated rings. The fourth-order valence-corrected chi connectivity index (χ4v) is 0.0680. The SMILES string of the molecule is COCC=O.[SbH3]. The molecule has 0 spiro atoms. The summed E-state index contributed by atoms with van der Waals surface area (Å²) in [7, 11) is 1.48. The molecule has 0 saturated carbocycles. The second kappa shape index (κ2) is 9.07. The van der Waals surface area contributed by atoms with Gasteiger partial charge in [-0.1, -0.05) is 0 Å². The molecule has 0 heterocycles. The molecule has 38 valence electrons. The van der Waals surface area contributed by atoms with Crippen LogP contribution in [0.4, 0.5) is 0 Å². The number of hydrogen-bond acceptors (Lipinski definition) is 2. The molecule has 0 aromatic heterocycles. The van der Waals surface area contributed by atoms with E-state index < -0.39 is 0 Å². The Morgan fingerprint density at radius 3 is 2.33 bits per heavy atom. The number of aldehydes is 1. The van der Waals surface area contributed by atoms with Crippen LogP contribution in [0.2, 0.25) is 0 Å². The van der Waals surface area contributed by atoms with Crippen LogP contribution < -0.4 is 0 Å². The monoisotopic (exact) mass is 198 g/mol. The second-order valence-electron chi connectivity index (χ2n) is 0.622. The van der Waals surface area contributed by atoms with Crippen molar-refractivity contribution in [2.45, 2.75) is 0 Å². The molecule has 0 aromatic carbocycles. The molecule has 0 aliphatic heterocycles. The summed E-state index contributed by atoms with van der Waals surface area (Å²) in [5.41, 5.74) is 0. The Labute approximate surface area is 54.3 Å². The molecule has 0 aromatic rings. The average Bonchev–Trinajstić information content (AvgIpc) is 1.41. The fraction of sp³-hybridized carbons (Fsp3) is 0.667. The Kier molecular flexibility index (Phi) is 14.6. The molecule has 0 aliphatic rings. The van der Waals surface area contributed by atoms with Gasteiger partial charge in [0.25, 0.3) is 0 Å². The van der Waals surface area contributed by atoms with E-state index in [2.05, 4.69) is 4.74 Å². The van der Waals surface area contributed by atoms with Crippen LogP contribution in [-0.4, -0.2) is 44.4 Å². The third kappa shape index (κ3) is 8.82. The maximum absolute atomic E-state index is 9.28. The quantitative estimate of drug-likeness (QED) is 0.405. The van der Waals surface area contributed by atoms with Crippen molar-refractivity contribution >= 4 is 30.7 Å². The average molecular weight is 199 g/mol. The van der Waals surface area contributed by atoms with Gasteiger partial charge in [0, 0.05) is 7.11 Å². The van der Waals surface area contributed by atoms with E-state index in [0.717, 1.165) is 0 Å². The van der Waals surface area contributed by atoms with E-state index in [1.807, 2.05) is 0 Å². The van der Waals surface area contributed by atoms with Crippen molar-refractivity contribution < 1.29 is 9.53 Å². The van der Waals surface area contributed by atoms with Crippen LogP contribution in [0.25, 0.3) is 0 Å². The standard InChI is InChI=1S/C3H6O2.Sb.3H/c1-5-3-2-4;;;;/h2H,3H2,1H3;;;;. The molecule has 0 saturated heterocycles. The van der Waals surface area contributed by atoms with Gasteiger partial charge in [0.2, 0.25) is 0 Å². The molecule has 0 N–H and O–H groups in total. The van der Waals surface area contributed by atoms with Crippen LogP contribution in [0, 0.1) is 0 Å². The molecule has 0 unspecified atom stereocenters. The molecule has 0 bridgehead atoms. The Morgan fingerprint density at radius 1 is 1.83 bits per heavy atom. The third-order valence-corrected chi connectivity index (χ3v) is 0.235. The van der Waals surface area contributed by atoms with Gasteiger partial charge in [0.15, 0.2) is 0 Å². The Hall–Kier alpha value is 0.448. The summed E-state index contributed by atoms with van der Waals surface area (Å²) in [6.07, 6.45) is 0.708. The molecule has 0 amide bonds. The maximum atomic E-state index is 9.28. The zero-order valence-corrected chi connectivity index (χ0v) is 7.84. The summed E-state index contributed by atoms with van der Waals surface area (Å²) in [6.45, 7) is 0.208. The summed E-state index contributed by atoms with van der Waals surface area (Å²) in [5.74, 6) is 0. The Morgan fingerprint density at radius 2 is 2.33 bits per heavy atom. The van der Waals surface area contributed by atoms with Crippen LogP contribution in [0.3, 0.4) is 0 Å². The number of hydrogen-bond donors (Lipinski definition) is 0. The zero-order valence-electron chi connectivity index (χ0n) is 3.81. The minimum atomic E-state index is 0. The Bertz CT molecular complexity index is 30.0. The van der Waals surface area contributed by atoms with E-state index in [-0.39, 0.29) is 31.0 Å². The summed E-state index contributed by atoms with van der Waals surface area (Å²) in [4.78, 5) is 9.28. The van der Waals surface area contributed by atoms with Crippen molar-refractivity contribution in [2.24, 2.45) is 0 Å². The predicted molar refractivity (Wildman–Crippen MR) is 27.9 cm³/mol. The van der Waals surface area contributed by atoms with E-state index >= 15 is 0 Å². The van der Waals surface area contributed by atoms with E-state index in [1.54, 1.807) is 0 Å². The topological polar surface area (TPSA) is 26.3 Å². The van der Waals surface area contributed by atoms with Crippen molar-refractivity contribution in [1.82, 2.24) is 0 Å². The first-order chi connectivity index (χ1) is 2.41. The van der Waals surface area contributed by atoms with Crippen molar-refractivity contribution in [3.63, 3.8) is 0 Å². The second-order valence-corrected chi connectivity index (χ2v) is 0.622. The van der Waals surface area contributed by atoms with Gasteiger partial charge in [-0.05, 0) is 0 Å². The van der Waals surface area contributed by atoms with Crippen LogP contribution in [0.15, 0.2) is 0 Å². The van der Waals surface area contributed by atoms with Crippen molar-refractivity contribution in [1.29, 1.82) is 0 Å². The summed E-state index contributed by atoms with van der Waals surface area (Å²) < 4.78 is 4.32. The normalized spacial score (nSPS) is 6.17. The van der Waals surface area contributed by atoms with Crippen LogP contribution >= 0.6 is 0 Å². The molecule has 2 nitrogen and oxygen atoms in total. The van der Waals surface area contributed by atoms with E-state index in [1.165, 1.54) is 7.11 Å². The van der Waals surface area contributed by atoms with Gasteiger partial charge in [0.05, 0.1) is 0 Å². The molecule has 0 atom stereocenters. The van der Waals surface area contributed by atoms with Crippen LogP contribution in [0.1, 0.15) is 0 Å². The van der Waals surface area contributed by atoms with Crippen molar-refractivity contribution in [3.05, 3.63) is 0 Å². The molecule has 3 heteroatoms. The van der Waals surface area contributed by atoms with Crippen LogP contribution in [-0.2, 0) is 9.53 Å². The zero-order chi connectivity index (χ0) is 4.12. The van der Waals surface area contributed by atoms with Crippen LogP contribution in [0.5, 0.6) is 0 Å². The minimum absolute atomic E-state index is 0. The molecular formula is C3H9O2Sb. The summed E-state index contributed by atoms with van der Waals surface area (Å²) in [5, 5.41) is 0. The van der Waals surface area contributed by atoms with E-state index in [9.17, 15) is 4.79 Å².